The molecule has 0 aliphatic heterocycles. The van der Waals surface area contributed by atoms with E-state index in [1.54, 1.807) is 47.1 Å². The summed E-state index contributed by atoms with van der Waals surface area (Å²) < 4.78 is 12.5. The van der Waals surface area contributed by atoms with E-state index in [0.717, 1.165) is 5.56 Å². The summed E-state index contributed by atoms with van der Waals surface area (Å²) in [5.74, 6) is 1.20. The van der Waals surface area contributed by atoms with Crippen LogP contribution in [0, 0.1) is 11.3 Å². The van der Waals surface area contributed by atoms with Crippen LogP contribution in [0.4, 0.5) is 5.69 Å². The van der Waals surface area contributed by atoms with E-state index >= 15 is 0 Å². The fourth-order valence-electron chi connectivity index (χ4n) is 3.40. The minimum absolute atomic E-state index is 0.288. The van der Waals surface area contributed by atoms with E-state index in [1.165, 1.54) is 13.3 Å². The summed E-state index contributed by atoms with van der Waals surface area (Å²) in [7, 11) is 1.52. The predicted molar refractivity (Wildman–Crippen MR) is 125 cm³/mol. The van der Waals surface area contributed by atoms with E-state index in [9.17, 15) is 4.79 Å². The van der Waals surface area contributed by atoms with Crippen LogP contribution in [0.5, 0.6) is 11.6 Å². The van der Waals surface area contributed by atoms with Crippen molar-refractivity contribution in [3.63, 3.8) is 0 Å². The number of aromatic nitrogens is 4. The lowest BCUT2D eigenvalue weighted by Crippen LogP contribution is -2.14. The highest BCUT2D eigenvalue weighted by atomic mass is 16.5. The molecule has 0 radical (unpaired) electrons. The van der Waals surface area contributed by atoms with Crippen LogP contribution in [-0.4, -0.2) is 33.0 Å². The highest BCUT2D eigenvalue weighted by molar-refractivity contribution is 6.05. The quantitative estimate of drug-likeness (QED) is 0.429. The number of hydrogen-bond donors (Lipinski definition) is 1. The highest BCUT2D eigenvalue weighted by Crippen LogP contribution is 2.21. The second kappa shape index (κ2) is 10.3. The van der Waals surface area contributed by atoms with Gasteiger partial charge in [0.15, 0.2) is 5.82 Å². The van der Waals surface area contributed by atoms with Crippen molar-refractivity contribution in [2.75, 3.05) is 12.4 Å². The Morgan fingerprint density at radius 3 is 2.71 bits per heavy atom. The minimum Gasteiger partial charge on any atom is -0.489 e. The molecule has 9 nitrogen and oxygen atoms in total. The van der Waals surface area contributed by atoms with Crippen LogP contribution in [0.25, 0.3) is 5.82 Å². The third-order valence-corrected chi connectivity index (χ3v) is 5.05. The van der Waals surface area contributed by atoms with E-state index in [4.69, 9.17) is 14.7 Å². The van der Waals surface area contributed by atoms with Crippen molar-refractivity contribution >= 4 is 11.6 Å². The molecule has 0 atom stereocenters. The van der Waals surface area contributed by atoms with E-state index < -0.39 is 0 Å². The fourth-order valence-corrected chi connectivity index (χ4v) is 3.40. The predicted octanol–water partition coefficient (Wildman–Crippen LogP) is 3.94. The van der Waals surface area contributed by atoms with E-state index in [1.807, 2.05) is 25.1 Å². The molecule has 0 saturated heterocycles. The van der Waals surface area contributed by atoms with Crippen molar-refractivity contribution in [3.8, 4) is 23.5 Å². The Bertz CT molecular complexity index is 1340. The molecule has 9 heteroatoms. The van der Waals surface area contributed by atoms with E-state index in [2.05, 4.69) is 26.7 Å². The van der Waals surface area contributed by atoms with Gasteiger partial charge >= 0.3 is 0 Å². The van der Waals surface area contributed by atoms with Gasteiger partial charge in [0.1, 0.15) is 12.4 Å². The zero-order valence-corrected chi connectivity index (χ0v) is 18.7. The fraction of sp³-hybridized carbons (Fsp3) is 0.160. The van der Waals surface area contributed by atoms with Gasteiger partial charge < -0.3 is 14.8 Å². The molecule has 2 aromatic heterocycles. The molecule has 2 heterocycles. The number of benzene rings is 2. The number of nitrogens with zero attached hydrogens (tertiary/aromatic N) is 5. The molecule has 0 aliphatic carbocycles. The minimum atomic E-state index is -0.288. The number of nitriles is 1. The molecule has 1 N–H and O–H groups in total. The summed E-state index contributed by atoms with van der Waals surface area (Å²) >= 11 is 0. The first-order valence-corrected chi connectivity index (χ1v) is 10.6. The molecule has 0 fully saturated rings. The number of amides is 1. The SMILES string of the molecule is CCc1c(C(=O)Nc2cccc(OCc3cccc(C#N)c3)c2)cnn1-c1ccc(OC)nn1. The smallest absolute Gasteiger partial charge is 0.259 e. The zero-order valence-electron chi connectivity index (χ0n) is 18.7. The van der Waals surface area contributed by atoms with Crippen molar-refractivity contribution < 1.29 is 14.3 Å². The molecule has 0 aliphatic rings. The number of ether oxygens (including phenoxy) is 2. The molecule has 2 aromatic carbocycles. The summed E-state index contributed by atoms with van der Waals surface area (Å²) in [6.07, 6.45) is 2.09. The van der Waals surface area contributed by atoms with Gasteiger partial charge in [-0.2, -0.15) is 10.4 Å². The number of anilines is 1. The maximum atomic E-state index is 13.0. The van der Waals surface area contributed by atoms with E-state index in [0.29, 0.717) is 53.0 Å². The highest BCUT2D eigenvalue weighted by Gasteiger charge is 2.18. The standard InChI is InChI=1S/C25H22N6O3/c1-3-22-21(15-27-31(22)23-10-11-24(33-2)30-29-23)25(32)28-19-8-5-9-20(13-19)34-16-18-7-4-6-17(12-18)14-26/h4-13,15H,3,16H2,1-2H3,(H,28,32). The van der Waals surface area contributed by atoms with E-state index in [-0.39, 0.29) is 5.91 Å². The monoisotopic (exact) mass is 454 g/mol. The lowest BCUT2D eigenvalue weighted by molar-refractivity contribution is 0.102. The van der Waals surface area contributed by atoms with Crippen LogP contribution in [0.2, 0.25) is 0 Å². The summed E-state index contributed by atoms with van der Waals surface area (Å²) in [6.45, 7) is 2.25. The van der Waals surface area contributed by atoms with Crippen LogP contribution >= 0.6 is 0 Å². The number of carbonyl (C=O) groups is 1. The Kier molecular flexibility index (Phi) is 6.79. The largest absolute Gasteiger partial charge is 0.489 e. The molecule has 34 heavy (non-hydrogen) atoms. The number of carbonyl (C=O) groups excluding carboxylic acids is 1. The lowest BCUT2D eigenvalue weighted by Gasteiger charge is -2.10. The molecule has 0 saturated carbocycles. The Morgan fingerprint density at radius 2 is 1.97 bits per heavy atom. The molecule has 0 spiro atoms. The summed E-state index contributed by atoms with van der Waals surface area (Å²) in [4.78, 5) is 13.0. The normalized spacial score (nSPS) is 10.4. The number of methoxy groups -OCH3 is 1. The molecule has 1 amide bonds. The Labute approximate surface area is 196 Å². The Hall–Kier alpha value is -4.71. The first-order chi connectivity index (χ1) is 16.6. The van der Waals surface area contributed by atoms with Gasteiger partial charge in [-0.05, 0) is 42.3 Å². The average molecular weight is 454 g/mol. The lowest BCUT2D eigenvalue weighted by atomic mass is 10.1. The second-order valence-corrected chi connectivity index (χ2v) is 7.29. The van der Waals surface area contributed by atoms with Crippen LogP contribution < -0.4 is 14.8 Å². The third kappa shape index (κ3) is 5.02. The van der Waals surface area contributed by atoms with Crippen LogP contribution in [-0.2, 0) is 13.0 Å². The zero-order chi connectivity index (χ0) is 23.9. The van der Waals surface area contributed by atoms with Gasteiger partial charge in [0.05, 0.1) is 36.2 Å². The number of rotatable bonds is 8. The first kappa shape index (κ1) is 22.5. The van der Waals surface area contributed by atoms with Gasteiger partial charge in [-0.1, -0.05) is 25.1 Å². The molecular formula is C25H22N6O3. The Morgan fingerprint density at radius 1 is 1.12 bits per heavy atom. The molecule has 0 unspecified atom stereocenters. The third-order valence-electron chi connectivity index (χ3n) is 5.05. The molecule has 4 rings (SSSR count). The van der Waals surface area contributed by atoms with Gasteiger partial charge in [-0.25, -0.2) is 4.68 Å². The van der Waals surface area contributed by atoms with Crippen LogP contribution in [0.3, 0.4) is 0 Å². The summed E-state index contributed by atoms with van der Waals surface area (Å²) in [5, 5.41) is 24.4. The number of nitrogens with one attached hydrogen (secondary N) is 1. The maximum Gasteiger partial charge on any atom is 0.259 e. The maximum absolute atomic E-state index is 13.0. The molecule has 4 aromatic rings. The second-order valence-electron chi connectivity index (χ2n) is 7.29. The van der Waals surface area contributed by atoms with Crippen molar-refractivity contribution in [1.29, 1.82) is 5.26 Å². The van der Waals surface area contributed by atoms with Crippen LogP contribution in [0.15, 0.2) is 66.9 Å². The molecule has 0 bridgehead atoms. The number of hydrogen-bond acceptors (Lipinski definition) is 7. The van der Waals surface area contributed by atoms with Gasteiger partial charge in [0.2, 0.25) is 5.88 Å². The molecular weight excluding hydrogens is 432 g/mol. The van der Waals surface area contributed by atoms with Crippen molar-refractivity contribution in [1.82, 2.24) is 20.0 Å². The Balaban J connectivity index is 1.47. The van der Waals surface area contributed by atoms with Gasteiger partial charge in [0, 0.05) is 17.8 Å². The van der Waals surface area contributed by atoms with Gasteiger partial charge in [0.25, 0.3) is 5.91 Å². The van der Waals surface area contributed by atoms with Gasteiger partial charge in [-0.15, -0.1) is 10.2 Å². The van der Waals surface area contributed by atoms with Crippen molar-refractivity contribution in [2.24, 2.45) is 0 Å². The van der Waals surface area contributed by atoms with Crippen molar-refractivity contribution in [3.05, 3.63) is 89.2 Å². The summed E-state index contributed by atoms with van der Waals surface area (Å²) in [5.41, 5.74) is 3.21. The van der Waals surface area contributed by atoms with Crippen LogP contribution in [0.1, 0.15) is 34.1 Å². The van der Waals surface area contributed by atoms with Crippen molar-refractivity contribution in [2.45, 2.75) is 20.0 Å². The van der Waals surface area contributed by atoms with Gasteiger partial charge in [-0.3, -0.25) is 4.79 Å². The first-order valence-electron chi connectivity index (χ1n) is 10.6. The topological polar surface area (TPSA) is 115 Å². The average Bonchev–Trinajstić information content (AvgIpc) is 3.32. The summed E-state index contributed by atoms with van der Waals surface area (Å²) in [6, 6.07) is 19.9. The molecule has 170 valence electrons.